The summed E-state index contributed by atoms with van der Waals surface area (Å²) in [7, 11) is 0. The molecule has 2 aliphatic heterocycles. The van der Waals surface area contributed by atoms with Crippen molar-refractivity contribution in [3.63, 3.8) is 0 Å². The monoisotopic (exact) mass is 562 g/mol. The SMILES string of the molecule is CC(=O)OC[C@@H]1O[C@H](SC2=NC(=C(C)C)C(=O)N2c2ccccc2)[C@H](OC(C)=O)[C@H](OC(C)=O)[C@H]1OC(C)=O. The summed E-state index contributed by atoms with van der Waals surface area (Å²) in [5.74, 6) is -3.17. The van der Waals surface area contributed by atoms with Crippen LogP contribution in [0.2, 0.25) is 0 Å². The van der Waals surface area contributed by atoms with Crippen LogP contribution >= 0.6 is 11.8 Å². The molecule has 5 atom stereocenters. The average molecular weight is 563 g/mol. The number of ether oxygens (including phenoxy) is 5. The first kappa shape index (κ1) is 29.8. The van der Waals surface area contributed by atoms with Gasteiger partial charge in [0.2, 0.25) is 0 Å². The lowest BCUT2D eigenvalue weighted by molar-refractivity contribution is -0.237. The van der Waals surface area contributed by atoms with Gasteiger partial charge in [0.15, 0.2) is 28.9 Å². The van der Waals surface area contributed by atoms with E-state index in [1.54, 1.807) is 44.2 Å². The normalized spacial score (nSPS) is 24.5. The van der Waals surface area contributed by atoms with E-state index < -0.39 is 53.7 Å². The summed E-state index contributed by atoms with van der Waals surface area (Å²) in [5.41, 5.74) is 0.320. The van der Waals surface area contributed by atoms with E-state index in [4.69, 9.17) is 23.7 Å². The number of carbonyl (C=O) groups is 5. The molecule has 0 aliphatic carbocycles. The standard InChI is InChI=1S/C26H30N2O10S/c1-13(2)20-24(33)28(18-10-8-7-9-11-18)26(27-20)39-25-23(37-17(6)32)22(36-16(5)31)21(35-15(4)30)19(38-25)12-34-14(3)29/h7-11,19,21-23,25H,12H2,1-6H3/t19-,21-,22+,23+,25+/m0/s1. The van der Waals surface area contributed by atoms with Crippen molar-refractivity contribution in [3.8, 4) is 0 Å². The second kappa shape index (κ2) is 12.9. The number of hydrogen-bond acceptors (Lipinski definition) is 12. The number of amides is 1. The third-order valence-corrected chi connectivity index (χ3v) is 6.56. The number of anilines is 1. The summed E-state index contributed by atoms with van der Waals surface area (Å²) in [6.07, 6.45) is -5.01. The Hall–Kier alpha value is -3.71. The lowest BCUT2D eigenvalue weighted by Crippen LogP contribution is -2.61. The number of nitrogens with zero attached hydrogens (tertiary/aromatic N) is 2. The molecule has 0 aromatic heterocycles. The van der Waals surface area contributed by atoms with Gasteiger partial charge >= 0.3 is 23.9 Å². The third kappa shape index (κ3) is 7.45. The van der Waals surface area contributed by atoms with Crippen LogP contribution in [0.1, 0.15) is 41.5 Å². The highest BCUT2D eigenvalue weighted by molar-refractivity contribution is 8.14. The molecule has 3 rings (SSSR count). The predicted molar refractivity (Wildman–Crippen MR) is 139 cm³/mol. The van der Waals surface area contributed by atoms with Crippen molar-refractivity contribution >= 4 is 52.4 Å². The molecule has 0 bridgehead atoms. The molecule has 0 saturated carbocycles. The van der Waals surface area contributed by atoms with Crippen LogP contribution in [0.25, 0.3) is 0 Å². The summed E-state index contributed by atoms with van der Waals surface area (Å²) >= 11 is 0.945. The molecule has 0 radical (unpaired) electrons. The molecule has 39 heavy (non-hydrogen) atoms. The van der Waals surface area contributed by atoms with Gasteiger partial charge in [0.05, 0.1) is 5.69 Å². The van der Waals surface area contributed by atoms with E-state index in [2.05, 4.69) is 4.99 Å². The molecule has 2 heterocycles. The van der Waals surface area contributed by atoms with E-state index in [1.807, 2.05) is 0 Å². The van der Waals surface area contributed by atoms with Crippen molar-refractivity contribution in [2.24, 2.45) is 4.99 Å². The molecule has 1 fully saturated rings. The quantitative estimate of drug-likeness (QED) is 0.274. The molecule has 1 saturated heterocycles. The molecule has 0 unspecified atom stereocenters. The van der Waals surface area contributed by atoms with E-state index in [9.17, 15) is 24.0 Å². The van der Waals surface area contributed by atoms with Crippen LogP contribution in [0.4, 0.5) is 5.69 Å². The number of para-hydroxylation sites is 1. The Balaban J connectivity index is 2.08. The summed E-state index contributed by atoms with van der Waals surface area (Å²) < 4.78 is 27.7. The van der Waals surface area contributed by atoms with Crippen LogP contribution in [0, 0.1) is 0 Å². The molecule has 0 spiro atoms. The average Bonchev–Trinajstić information content (AvgIpc) is 3.17. The largest absolute Gasteiger partial charge is 0.463 e. The van der Waals surface area contributed by atoms with Gasteiger partial charge < -0.3 is 23.7 Å². The number of aliphatic imine (C=N–C) groups is 1. The maximum atomic E-state index is 13.3. The zero-order valence-corrected chi connectivity index (χ0v) is 23.2. The van der Waals surface area contributed by atoms with Crippen molar-refractivity contribution < 1.29 is 47.7 Å². The highest BCUT2D eigenvalue weighted by Gasteiger charge is 2.53. The van der Waals surface area contributed by atoms with Gasteiger partial charge in [-0.1, -0.05) is 30.0 Å². The Bertz CT molecular complexity index is 1190. The smallest absolute Gasteiger partial charge is 0.303 e. The molecule has 1 aromatic rings. The van der Waals surface area contributed by atoms with Crippen LogP contribution in [0.3, 0.4) is 0 Å². The predicted octanol–water partition coefficient (Wildman–Crippen LogP) is 2.50. The topological polar surface area (TPSA) is 147 Å². The molecular formula is C26H30N2O10S. The van der Waals surface area contributed by atoms with Gasteiger partial charge in [-0.3, -0.25) is 28.9 Å². The molecule has 1 aromatic carbocycles. The van der Waals surface area contributed by atoms with Crippen LogP contribution in [0.15, 0.2) is 46.6 Å². The summed E-state index contributed by atoms with van der Waals surface area (Å²) in [6, 6.07) is 8.79. The fraction of sp³-hybridized carbons (Fsp3) is 0.462. The minimum atomic E-state index is -1.33. The van der Waals surface area contributed by atoms with Crippen molar-refractivity contribution in [1.29, 1.82) is 0 Å². The third-order valence-electron chi connectivity index (χ3n) is 5.46. The van der Waals surface area contributed by atoms with Gasteiger partial charge in [0, 0.05) is 27.7 Å². The Morgan fingerprint density at radius 3 is 1.95 bits per heavy atom. The first-order valence-corrected chi connectivity index (χ1v) is 12.9. The molecular weight excluding hydrogens is 532 g/mol. The molecule has 13 heteroatoms. The van der Waals surface area contributed by atoms with Gasteiger partial charge in [0.1, 0.15) is 18.4 Å². The van der Waals surface area contributed by atoms with Crippen molar-refractivity contribution in [3.05, 3.63) is 41.6 Å². The lowest BCUT2D eigenvalue weighted by atomic mass is 9.99. The highest BCUT2D eigenvalue weighted by Crippen LogP contribution is 2.38. The molecule has 0 N–H and O–H groups in total. The first-order valence-electron chi connectivity index (χ1n) is 12.0. The molecule has 210 valence electrons. The van der Waals surface area contributed by atoms with Crippen LogP contribution in [0.5, 0.6) is 0 Å². The number of carbonyl (C=O) groups excluding carboxylic acids is 5. The van der Waals surface area contributed by atoms with Crippen molar-refractivity contribution in [2.45, 2.75) is 71.4 Å². The van der Waals surface area contributed by atoms with Crippen molar-refractivity contribution in [2.75, 3.05) is 11.5 Å². The fourth-order valence-electron chi connectivity index (χ4n) is 3.98. The Morgan fingerprint density at radius 2 is 1.41 bits per heavy atom. The summed E-state index contributed by atoms with van der Waals surface area (Å²) in [6.45, 7) is 7.79. The van der Waals surface area contributed by atoms with Gasteiger partial charge in [-0.25, -0.2) is 4.99 Å². The molecule has 2 aliphatic rings. The van der Waals surface area contributed by atoms with E-state index in [1.165, 1.54) is 11.8 Å². The number of benzene rings is 1. The lowest BCUT2D eigenvalue weighted by Gasteiger charge is -2.44. The maximum Gasteiger partial charge on any atom is 0.303 e. The zero-order chi connectivity index (χ0) is 28.9. The highest BCUT2D eigenvalue weighted by atomic mass is 32.2. The minimum Gasteiger partial charge on any atom is -0.463 e. The van der Waals surface area contributed by atoms with E-state index in [0.29, 0.717) is 11.3 Å². The number of amidine groups is 1. The first-order chi connectivity index (χ1) is 18.4. The van der Waals surface area contributed by atoms with Crippen LogP contribution < -0.4 is 4.90 Å². The number of rotatable bonds is 7. The number of allylic oxidation sites excluding steroid dienone is 1. The molecule has 12 nitrogen and oxygen atoms in total. The fourth-order valence-corrected chi connectivity index (χ4v) is 5.17. The van der Waals surface area contributed by atoms with Gasteiger partial charge in [0.25, 0.3) is 5.91 Å². The summed E-state index contributed by atoms with van der Waals surface area (Å²) in [4.78, 5) is 66.9. The Morgan fingerprint density at radius 1 is 0.846 bits per heavy atom. The van der Waals surface area contributed by atoms with E-state index in [0.717, 1.165) is 32.5 Å². The van der Waals surface area contributed by atoms with E-state index >= 15 is 0 Å². The van der Waals surface area contributed by atoms with Gasteiger partial charge in [-0.05, 0) is 31.6 Å². The second-order valence-corrected chi connectivity index (χ2v) is 9.97. The van der Waals surface area contributed by atoms with Crippen LogP contribution in [-0.4, -0.2) is 71.4 Å². The van der Waals surface area contributed by atoms with E-state index in [-0.39, 0.29) is 23.4 Å². The summed E-state index contributed by atoms with van der Waals surface area (Å²) in [5, 5.41) is 0.211. The Labute approximate surface area is 229 Å². The second-order valence-electron chi connectivity index (χ2n) is 8.90. The Kier molecular flexibility index (Phi) is 9.86. The van der Waals surface area contributed by atoms with Crippen LogP contribution in [-0.2, 0) is 47.7 Å². The minimum absolute atomic E-state index is 0.211. The maximum absolute atomic E-state index is 13.3. The van der Waals surface area contributed by atoms with Gasteiger partial charge in [-0.2, -0.15) is 0 Å². The zero-order valence-electron chi connectivity index (χ0n) is 22.4. The number of esters is 4. The number of hydrogen-bond donors (Lipinski definition) is 0. The number of thioether (sulfide) groups is 1. The van der Waals surface area contributed by atoms with Gasteiger partial charge in [-0.15, -0.1) is 0 Å². The molecule has 1 amide bonds. The van der Waals surface area contributed by atoms with Crippen molar-refractivity contribution in [1.82, 2.24) is 0 Å².